The number of fused-ring (bicyclic) bond motifs is 2. The van der Waals surface area contributed by atoms with Gasteiger partial charge in [0.05, 0.1) is 12.1 Å². The van der Waals surface area contributed by atoms with Crippen molar-refractivity contribution in [2.75, 3.05) is 0 Å². The fourth-order valence-electron chi connectivity index (χ4n) is 2.62. The number of benzene rings is 1. The van der Waals surface area contributed by atoms with Crippen LogP contribution in [0.4, 0.5) is 0 Å². The molecule has 100 valence electrons. The summed E-state index contributed by atoms with van der Waals surface area (Å²) in [6, 6.07) is 9.33. The number of carbonyl (C=O) groups is 1. The molecule has 2 aliphatic heterocycles. The zero-order chi connectivity index (χ0) is 13.2. The van der Waals surface area contributed by atoms with Gasteiger partial charge in [-0.05, 0) is 24.8 Å². The third-order valence-corrected chi connectivity index (χ3v) is 3.68. The number of rotatable bonds is 3. The highest BCUT2D eigenvalue weighted by atomic mass is 16.7. The molecule has 1 aliphatic carbocycles. The minimum Gasteiger partial charge on any atom is -0.320 e. The van der Waals surface area contributed by atoms with Crippen LogP contribution in [0.3, 0.4) is 0 Å². The number of nitrogens with two attached hydrogens (primary N) is 1. The molecule has 4 rings (SSSR count). The Bertz CT molecular complexity index is 486. The molecule has 2 heterocycles. The summed E-state index contributed by atoms with van der Waals surface area (Å²) in [5.41, 5.74) is 7.09. The smallest absolute Gasteiger partial charge is 0.263 e. The lowest BCUT2D eigenvalue weighted by Crippen LogP contribution is -2.54. The molecule has 0 radical (unpaired) electrons. The van der Waals surface area contributed by atoms with Gasteiger partial charge in [-0.25, -0.2) is 5.06 Å². The lowest BCUT2D eigenvalue weighted by Gasteiger charge is -2.41. The van der Waals surface area contributed by atoms with Gasteiger partial charge < -0.3 is 5.73 Å². The Labute approximate surface area is 112 Å². The van der Waals surface area contributed by atoms with Crippen molar-refractivity contribution in [2.24, 2.45) is 5.73 Å². The van der Waals surface area contributed by atoms with E-state index in [0.717, 1.165) is 18.4 Å². The fraction of sp³-hybridized carbons (Fsp3) is 0.400. The van der Waals surface area contributed by atoms with E-state index in [4.69, 9.17) is 10.6 Å². The summed E-state index contributed by atoms with van der Waals surface area (Å²) in [6.45, 7) is 0. The van der Waals surface area contributed by atoms with Crippen molar-refractivity contribution in [3.8, 4) is 0 Å². The molecule has 3 aliphatic rings. The van der Waals surface area contributed by atoms with E-state index in [-0.39, 0.29) is 18.1 Å². The summed E-state index contributed by atoms with van der Waals surface area (Å²) >= 11 is 0. The zero-order valence-electron chi connectivity index (χ0n) is 10.7. The molecule has 3 atom stereocenters. The van der Waals surface area contributed by atoms with E-state index in [0.29, 0.717) is 6.42 Å². The first kappa shape index (κ1) is 12.4. The first-order valence-electron chi connectivity index (χ1n) is 6.72. The molecule has 1 amide bonds. The molecule has 4 nitrogen and oxygen atoms in total. The summed E-state index contributed by atoms with van der Waals surface area (Å²) in [7, 11) is 0. The number of hydrogen-bond acceptors (Lipinski definition) is 3. The van der Waals surface area contributed by atoms with Crippen molar-refractivity contribution in [1.82, 2.24) is 5.06 Å². The van der Waals surface area contributed by atoms with Gasteiger partial charge in [0.25, 0.3) is 5.91 Å². The largest absolute Gasteiger partial charge is 0.320 e. The molecule has 2 bridgehead atoms. The summed E-state index contributed by atoms with van der Waals surface area (Å²) < 4.78 is 0. The maximum absolute atomic E-state index is 12.3. The molecule has 1 saturated heterocycles. The predicted octanol–water partition coefficient (Wildman–Crippen LogP) is 1.42. The van der Waals surface area contributed by atoms with Gasteiger partial charge in [-0.3, -0.25) is 9.63 Å². The van der Waals surface area contributed by atoms with Crippen molar-refractivity contribution >= 4 is 5.91 Å². The maximum atomic E-state index is 12.3. The van der Waals surface area contributed by atoms with Crippen molar-refractivity contribution in [3.05, 3.63) is 48.0 Å². The van der Waals surface area contributed by atoms with Crippen LogP contribution in [0.25, 0.3) is 0 Å². The minimum atomic E-state index is -0.546. The minimum absolute atomic E-state index is 0.0397. The fourth-order valence-corrected chi connectivity index (χ4v) is 2.62. The van der Waals surface area contributed by atoms with Crippen LogP contribution >= 0.6 is 0 Å². The molecular formula is C15H18N2O2. The Hall–Kier alpha value is -1.65. The second-order valence-corrected chi connectivity index (χ2v) is 5.13. The van der Waals surface area contributed by atoms with Crippen LogP contribution in [0.15, 0.2) is 42.5 Å². The summed E-state index contributed by atoms with van der Waals surface area (Å²) in [4.78, 5) is 18.0. The molecular weight excluding hydrogens is 240 g/mol. The molecule has 19 heavy (non-hydrogen) atoms. The number of amides is 1. The van der Waals surface area contributed by atoms with Gasteiger partial charge in [0.2, 0.25) is 0 Å². The molecule has 4 heteroatoms. The number of nitrogens with zero attached hydrogens (tertiary/aromatic N) is 1. The van der Waals surface area contributed by atoms with Crippen LogP contribution in [-0.2, 0) is 16.1 Å². The van der Waals surface area contributed by atoms with Gasteiger partial charge in [0, 0.05) is 0 Å². The summed E-state index contributed by atoms with van der Waals surface area (Å²) in [5, 5.41) is 1.47. The monoisotopic (exact) mass is 258 g/mol. The molecule has 3 unspecified atom stereocenters. The number of hydrogen-bond donors (Lipinski definition) is 1. The highest BCUT2D eigenvalue weighted by Gasteiger charge is 2.36. The molecule has 0 saturated carbocycles. The van der Waals surface area contributed by atoms with Crippen LogP contribution in [-0.4, -0.2) is 29.2 Å². The second-order valence-electron chi connectivity index (χ2n) is 5.13. The van der Waals surface area contributed by atoms with E-state index in [2.05, 4.69) is 0 Å². The van der Waals surface area contributed by atoms with Gasteiger partial charge in [0.15, 0.2) is 0 Å². The lowest BCUT2D eigenvalue weighted by molar-refractivity contribution is -0.231. The number of carbonyl (C=O) groups excluding carboxylic acids is 1. The average Bonchev–Trinajstić information content (AvgIpc) is 2.48. The van der Waals surface area contributed by atoms with Gasteiger partial charge in [-0.15, -0.1) is 0 Å². The van der Waals surface area contributed by atoms with Crippen molar-refractivity contribution in [2.45, 2.75) is 37.5 Å². The Morgan fingerprint density at radius 1 is 1.32 bits per heavy atom. The number of hydroxylamine groups is 2. The van der Waals surface area contributed by atoms with Crippen LogP contribution in [0.2, 0.25) is 0 Å². The van der Waals surface area contributed by atoms with Crippen LogP contribution < -0.4 is 5.73 Å². The van der Waals surface area contributed by atoms with Crippen LogP contribution in [0, 0.1) is 0 Å². The van der Waals surface area contributed by atoms with Crippen molar-refractivity contribution in [1.29, 1.82) is 0 Å². The summed E-state index contributed by atoms with van der Waals surface area (Å²) in [5.74, 6) is -0.122. The highest BCUT2D eigenvalue weighted by molar-refractivity contribution is 5.81. The molecule has 1 fully saturated rings. The maximum Gasteiger partial charge on any atom is 0.263 e. The van der Waals surface area contributed by atoms with E-state index in [1.807, 2.05) is 42.5 Å². The average molecular weight is 258 g/mol. The lowest BCUT2D eigenvalue weighted by atomic mass is 9.97. The highest BCUT2D eigenvalue weighted by Crippen LogP contribution is 2.27. The van der Waals surface area contributed by atoms with Gasteiger partial charge in [-0.1, -0.05) is 42.5 Å². The molecule has 0 spiro atoms. The SMILES string of the molecule is NC(Cc1ccccc1)C(=O)N1OC2C=CC1CC2. The Morgan fingerprint density at radius 3 is 2.68 bits per heavy atom. The van der Waals surface area contributed by atoms with E-state index in [9.17, 15) is 4.79 Å². The first-order valence-corrected chi connectivity index (χ1v) is 6.72. The normalized spacial score (nSPS) is 26.5. The first-order chi connectivity index (χ1) is 9.24. The summed E-state index contributed by atoms with van der Waals surface area (Å²) in [6.07, 6.45) is 6.61. The molecule has 1 aromatic carbocycles. The quantitative estimate of drug-likeness (QED) is 0.834. The van der Waals surface area contributed by atoms with E-state index in [1.54, 1.807) is 0 Å². The van der Waals surface area contributed by atoms with Crippen molar-refractivity contribution < 1.29 is 9.63 Å². The van der Waals surface area contributed by atoms with E-state index >= 15 is 0 Å². The third kappa shape index (κ3) is 2.55. The van der Waals surface area contributed by atoms with Gasteiger partial charge in [0.1, 0.15) is 6.10 Å². The third-order valence-electron chi connectivity index (χ3n) is 3.68. The van der Waals surface area contributed by atoms with Gasteiger partial charge >= 0.3 is 0 Å². The predicted molar refractivity (Wildman–Crippen MR) is 72.0 cm³/mol. The Kier molecular flexibility index (Phi) is 3.36. The van der Waals surface area contributed by atoms with E-state index in [1.165, 1.54) is 5.06 Å². The zero-order valence-corrected chi connectivity index (χ0v) is 10.7. The van der Waals surface area contributed by atoms with Crippen LogP contribution in [0.5, 0.6) is 0 Å². The van der Waals surface area contributed by atoms with Gasteiger partial charge in [-0.2, -0.15) is 0 Å². The van der Waals surface area contributed by atoms with Crippen LogP contribution in [0.1, 0.15) is 18.4 Å². The standard InChI is InChI=1S/C15H18N2O2/c16-14(10-11-4-2-1-3-5-11)15(18)17-12-6-8-13(19-17)9-7-12/h1-6,8,12-14H,7,9-10,16H2. The molecule has 2 N–H and O–H groups in total. The Morgan fingerprint density at radius 2 is 2.11 bits per heavy atom. The molecule has 1 aromatic rings. The topological polar surface area (TPSA) is 55.6 Å². The molecule has 0 aromatic heterocycles. The van der Waals surface area contributed by atoms with Crippen molar-refractivity contribution in [3.63, 3.8) is 0 Å². The Balaban J connectivity index is 1.66. The van der Waals surface area contributed by atoms with E-state index < -0.39 is 6.04 Å². The second kappa shape index (κ2) is 5.15.